The number of allylic oxidation sites excluding steroid dienone is 1. The van der Waals surface area contributed by atoms with E-state index >= 15 is 0 Å². The van der Waals surface area contributed by atoms with Crippen molar-refractivity contribution in [1.29, 1.82) is 0 Å². The monoisotopic (exact) mass is 773 g/mol. The van der Waals surface area contributed by atoms with Gasteiger partial charge in [-0.15, -0.1) is 11.8 Å². The summed E-state index contributed by atoms with van der Waals surface area (Å²) in [6, 6.07) is 35.2. The molecule has 3 amide bonds. The number of ether oxygens (including phenoxy) is 3. The first-order chi connectivity index (χ1) is 27.3. The Morgan fingerprint density at radius 1 is 0.804 bits per heavy atom. The van der Waals surface area contributed by atoms with Crippen molar-refractivity contribution < 1.29 is 38.2 Å². The average Bonchev–Trinajstić information content (AvgIpc) is 3.24. The number of hydrogen-bond acceptors (Lipinski definition) is 9. The van der Waals surface area contributed by atoms with Crippen LogP contribution in [0.25, 0.3) is 0 Å². The van der Waals surface area contributed by atoms with Gasteiger partial charge in [0.25, 0.3) is 5.91 Å². The van der Waals surface area contributed by atoms with E-state index in [1.807, 2.05) is 121 Å². The Labute approximate surface area is 330 Å². The van der Waals surface area contributed by atoms with Crippen molar-refractivity contribution in [2.24, 2.45) is 0 Å². The van der Waals surface area contributed by atoms with Gasteiger partial charge in [0.1, 0.15) is 23.2 Å². The Kier molecular flexibility index (Phi) is 13.4. The van der Waals surface area contributed by atoms with Crippen molar-refractivity contribution in [1.82, 2.24) is 15.5 Å². The van der Waals surface area contributed by atoms with Crippen LogP contribution in [0, 0.1) is 0 Å². The van der Waals surface area contributed by atoms with E-state index in [1.54, 1.807) is 13.0 Å². The maximum Gasteiger partial charge on any atom is 0.407 e. The standard InChI is InChI=1S/C44H43N3O8S/c1-3-29-28-56-41-36(40(49)47(41)37(29)43(51)55-39(32-22-13-7-14-23-32)33-24-15-8-16-25-33)46-35(48)27-17-26-34(45-44(52)53-4-2)42(50)54-38(30-18-9-5-10-19-30)31-20-11-6-12-21-31/h3,5-16,18-25,34,36,38-39,41H,1,4,17,26-28H2,2H3,(H,45,52)(H,46,48)/t34?,36?,41-/m0/s1. The molecule has 0 saturated carbocycles. The minimum Gasteiger partial charge on any atom is -0.451 e. The van der Waals surface area contributed by atoms with Gasteiger partial charge in [-0.3, -0.25) is 14.5 Å². The summed E-state index contributed by atoms with van der Waals surface area (Å²) in [5.41, 5.74) is 3.71. The summed E-state index contributed by atoms with van der Waals surface area (Å²) in [5.74, 6) is -1.85. The van der Waals surface area contributed by atoms with E-state index in [1.165, 1.54) is 16.7 Å². The maximum absolute atomic E-state index is 13.9. The van der Waals surface area contributed by atoms with Gasteiger partial charge in [-0.1, -0.05) is 134 Å². The van der Waals surface area contributed by atoms with Gasteiger partial charge < -0.3 is 24.8 Å². The van der Waals surface area contributed by atoms with Gasteiger partial charge in [-0.05, 0) is 47.6 Å². The lowest BCUT2D eigenvalue weighted by molar-refractivity contribution is -0.154. The molecule has 2 heterocycles. The Bertz CT molecular complexity index is 1970. The zero-order chi connectivity index (χ0) is 39.4. The second-order valence-electron chi connectivity index (χ2n) is 13.1. The van der Waals surface area contributed by atoms with Crippen molar-refractivity contribution in [2.75, 3.05) is 12.4 Å². The molecule has 1 fully saturated rings. The quantitative estimate of drug-likeness (QED) is 0.0717. The first-order valence-corrected chi connectivity index (χ1v) is 19.5. The molecule has 1 saturated heterocycles. The van der Waals surface area contributed by atoms with Crippen LogP contribution in [0.5, 0.6) is 0 Å². The molecule has 0 radical (unpaired) electrons. The molecule has 6 rings (SSSR count). The number of β-lactam (4-membered cyclic amide) rings is 1. The molecule has 0 bridgehead atoms. The molecular formula is C44H43N3O8S. The van der Waals surface area contributed by atoms with E-state index in [-0.39, 0.29) is 31.6 Å². The smallest absolute Gasteiger partial charge is 0.407 e. The average molecular weight is 774 g/mol. The number of carbonyl (C=O) groups is 5. The molecule has 11 nitrogen and oxygen atoms in total. The normalized spacial score (nSPS) is 16.6. The fourth-order valence-electron chi connectivity index (χ4n) is 6.59. The number of rotatable bonds is 16. The highest BCUT2D eigenvalue weighted by Gasteiger charge is 2.54. The van der Waals surface area contributed by atoms with E-state index in [4.69, 9.17) is 14.2 Å². The summed E-state index contributed by atoms with van der Waals surface area (Å²) >= 11 is 1.41. The highest BCUT2D eigenvalue weighted by atomic mass is 32.2. The van der Waals surface area contributed by atoms with Gasteiger partial charge in [0.05, 0.1) is 6.61 Å². The third-order valence-corrected chi connectivity index (χ3v) is 10.7. The zero-order valence-corrected chi connectivity index (χ0v) is 31.7. The van der Waals surface area contributed by atoms with Crippen LogP contribution in [0.2, 0.25) is 0 Å². The van der Waals surface area contributed by atoms with Crippen molar-refractivity contribution in [3.63, 3.8) is 0 Å². The Balaban J connectivity index is 1.09. The van der Waals surface area contributed by atoms with Crippen LogP contribution >= 0.6 is 11.8 Å². The highest BCUT2D eigenvalue weighted by Crippen LogP contribution is 2.42. The van der Waals surface area contributed by atoms with Crippen LogP contribution in [0.15, 0.2) is 145 Å². The fraction of sp³-hybridized carbons (Fsp3) is 0.250. The van der Waals surface area contributed by atoms with Gasteiger partial charge in [0.15, 0.2) is 12.2 Å². The summed E-state index contributed by atoms with van der Waals surface area (Å²) in [5, 5.41) is 4.85. The van der Waals surface area contributed by atoms with Crippen LogP contribution in [-0.4, -0.2) is 64.6 Å². The molecule has 2 unspecified atom stereocenters. The third-order valence-electron chi connectivity index (χ3n) is 9.37. The molecule has 2 aliphatic rings. The Morgan fingerprint density at radius 3 is 1.79 bits per heavy atom. The second kappa shape index (κ2) is 18.9. The minimum absolute atomic E-state index is 0.0469. The summed E-state index contributed by atoms with van der Waals surface area (Å²) in [6.07, 6.45) is -0.493. The van der Waals surface area contributed by atoms with Crippen molar-refractivity contribution in [3.8, 4) is 0 Å². The summed E-state index contributed by atoms with van der Waals surface area (Å²) < 4.78 is 17.2. The van der Waals surface area contributed by atoms with Crippen LogP contribution in [0.4, 0.5) is 4.79 Å². The summed E-state index contributed by atoms with van der Waals surface area (Å²) in [6.45, 7) is 5.62. The number of amides is 3. The molecule has 2 N–H and O–H groups in total. The molecule has 0 aliphatic carbocycles. The number of hydrogen-bond donors (Lipinski definition) is 2. The predicted octanol–water partition coefficient (Wildman–Crippen LogP) is 6.78. The molecule has 0 aromatic heterocycles. The number of thioether (sulfide) groups is 1. The van der Waals surface area contributed by atoms with E-state index in [2.05, 4.69) is 17.2 Å². The summed E-state index contributed by atoms with van der Waals surface area (Å²) in [7, 11) is 0. The van der Waals surface area contributed by atoms with Crippen LogP contribution in [0.1, 0.15) is 60.6 Å². The second-order valence-corrected chi connectivity index (χ2v) is 14.2. The van der Waals surface area contributed by atoms with Crippen molar-refractivity contribution in [2.45, 2.75) is 55.9 Å². The predicted molar refractivity (Wildman–Crippen MR) is 212 cm³/mol. The molecule has 4 aromatic rings. The summed E-state index contributed by atoms with van der Waals surface area (Å²) in [4.78, 5) is 68.2. The zero-order valence-electron chi connectivity index (χ0n) is 30.9. The first-order valence-electron chi connectivity index (χ1n) is 18.4. The fourth-order valence-corrected chi connectivity index (χ4v) is 7.93. The largest absolute Gasteiger partial charge is 0.451 e. The number of nitrogens with one attached hydrogen (secondary N) is 2. The Hall–Kier alpha value is -6.14. The molecule has 288 valence electrons. The number of carbonyl (C=O) groups excluding carboxylic acids is 5. The third kappa shape index (κ3) is 9.38. The lowest BCUT2D eigenvalue weighted by Crippen LogP contribution is -2.70. The molecule has 3 atom stereocenters. The number of benzene rings is 4. The number of alkyl carbamates (subject to hydrolysis) is 1. The highest BCUT2D eigenvalue weighted by molar-refractivity contribution is 8.00. The van der Waals surface area contributed by atoms with Gasteiger partial charge >= 0.3 is 18.0 Å². The van der Waals surface area contributed by atoms with Gasteiger partial charge in [0.2, 0.25) is 5.91 Å². The minimum atomic E-state index is -1.11. The maximum atomic E-state index is 13.9. The van der Waals surface area contributed by atoms with Crippen LogP contribution in [0.3, 0.4) is 0 Å². The van der Waals surface area contributed by atoms with Crippen LogP contribution in [-0.2, 0) is 33.4 Å². The molecule has 0 spiro atoms. The molecule has 12 heteroatoms. The lowest BCUT2D eigenvalue weighted by atomic mass is 10.0. The van der Waals surface area contributed by atoms with Gasteiger partial charge in [-0.25, -0.2) is 14.4 Å². The molecule has 56 heavy (non-hydrogen) atoms. The lowest BCUT2D eigenvalue weighted by Gasteiger charge is -2.49. The molecular weight excluding hydrogens is 731 g/mol. The number of nitrogens with zero attached hydrogens (tertiary/aromatic N) is 1. The van der Waals surface area contributed by atoms with Crippen molar-refractivity contribution >= 4 is 41.6 Å². The van der Waals surface area contributed by atoms with E-state index in [9.17, 15) is 24.0 Å². The number of fused-ring (bicyclic) bond motifs is 1. The van der Waals surface area contributed by atoms with Crippen molar-refractivity contribution in [3.05, 3.63) is 168 Å². The SMILES string of the molecule is C=CC1=C(C(=O)OC(c2ccccc2)c2ccccc2)N2C(=O)C(NC(=O)CCCC(NC(=O)OCC)C(=O)OC(c3ccccc3)c3ccccc3)[C@@H]2SC1. The number of esters is 2. The van der Waals surface area contributed by atoms with E-state index < -0.39 is 59.5 Å². The molecule has 4 aromatic carbocycles. The molecule has 2 aliphatic heterocycles. The first kappa shape index (κ1) is 39.6. The van der Waals surface area contributed by atoms with Crippen LogP contribution < -0.4 is 10.6 Å². The Morgan fingerprint density at radius 2 is 1.30 bits per heavy atom. The van der Waals surface area contributed by atoms with E-state index in [0.29, 0.717) is 11.3 Å². The topological polar surface area (TPSA) is 140 Å². The van der Waals surface area contributed by atoms with Gasteiger partial charge in [0, 0.05) is 12.2 Å². The van der Waals surface area contributed by atoms with E-state index in [0.717, 1.165) is 22.3 Å². The van der Waals surface area contributed by atoms with Gasteiger partial charge in [-0.2, -0.15) is 0 Å².